The van der Waals surface area contributed by atoms with E-state index in [0.717, 1.165) is 24.1 Å². The van der Waals surface area contributed by atoms with Crippen LogP contribution in [0, 0.1) is 5.92 Å². The lowest BCUT2D eigenvalue weighted by Crippen LogP contribution is -2.34. The van der Waals surface area contributed by atoms with Gasteiger partial charge in [-0.3, -0.25) is 0 Å². The van der Waals surface area contributed by atoms with E-state index in [0.29, 0.717) is 23.7 Å². The summed E-state index contributed by atoms with van der Waals surface area (Å²) >= 11 is 0. The Morgan fingerprint density at radius 3 is 2.26 bits per heavy atom. The van der Waals surface area contributed by atoms with E-state index in [9.17, 15) is 0 Å². The lowest BCUT2D eigenvalue weighted by Gasteiger charge is -2.26. The van der Waals surface area contributed by atoms with Crippen LogP contribution in [0.1, 0.15) is 44.2 Å². The number of nitrogens with one attached hydrogen (secondary N) is 1. The fourth-order valence-electron chi connectivity index (χ4n) is 3.36. The molecule has 0 amide bonds. The maximum absolute atomic E-state index is 5.49. The molecule has 4 rings (SSSR count). The average Bonchev–Trinajstić information content (AvgIpc) is 3.11. The van der Waals surface area contributed by atoms with Crippen molar-refractivity contribution < 1.29 is 4.52 Å². The Hall–Kier alpha value is -2.46. The standard InChI is InChI=1S/C23H27N3O/c1-16(2)14-17-6-10-19(11-7-17)22-25-23(27-26-22)20-12-8-18(9-13-20)15-24-21-4-3-5-21/h6-13,16,21,24H,3-5,14-15H2,1-2H3. The van der Waals surface area contributed by atoms with Gasteiger partial charge in [0.25, 0.3) is 5.89 Å². The second-order valence-electron chi connectivity index (χ2n) is 7.92. The molecule has 1 aromatic heterocycles. The molecule has 140 valence electrons. The van der Waals surface area contributed by atoms with Gasteiger partial charge in [-0.25, -0.2) is 0 Å². The summed E-state index contributed by atoms with van der Waals surface area (Å²) in [6, 6.07) is 17.5. The molecule has 3 aromatic rings. The Labute approximate surface area is 161 Å². The first-order valence-corrected chi connectivity index (χ1v) is 9.93. The van der Waals surface area contributed by atoms with E-state index in [-0.39, 0.29) is 0 Å². The molecule has 0 bridgehead atoms. The van der Waals surface area contributed by atoms with Gasteiger partial charge in [-0.1, -0.05) is 61.8 Å². The smallest absolute Gasteiger partial charge is 0.258 e. The van der Waals surface area contributed by atoms with Gasteiger partial charge < -0.3 is 9.84 Å². The molecule has 4 heteroatoms. The van der Waals surface area contributed by atoms with E-state index in [2.05, 4.69) is 77.8 Å². The van der Waals surface area contributed by atoms with Gasteiger partial charge in [-0.05, 0) is 48.4 Å². The van der Waals surface area contributed by atoms with Crippen LogP contribution < -0.4 is 5.32 Å². The Bertz CT molecular complexity index is 861. The summed E-state index contributed by atoms with van der Waals surface area (Å²) < 4.78 is 5.49. The molecule has 0 atom stereocenters. The number of benzene rings is 2. The van der Waals surface area contributed by atoms with Gasteiger partial charge in [-0.15, -0.1) is 0 Å². The van der Waals surface area contributed by atoms with Crippen molar-refractivity contribution in [2.45, 2.75) is 52.1 Å². The van der Waals surface area contributed by atoms with E-state index >= 15 is 0 Å². The normalized spacial score (nSPS) is 14.5. The Balaban J connectivity index is 1.42. The van der Waals surface area contributed by atoms with Crippen molar-refractivity contribution in [3.63, 3.8) is 0 Å². The zero-order chi connectivity index (χ0) is 18.6. The Kier molecular flexibility index (Phi) is 5.35. The SMILES string of the molecule is CC(C)Cc1ccc(-c2noc(-c3ccc(CNC4CCC4)cc3)n2)cc1. The van der Waals surface area contributed by atoms with E-state index in [1.165, 1.54) is 30.4 Å². The maximum atomic E-state index is 5.49. The van der Waals surface area contributed by atoms with Crippen LogP contribution >= 0.6 is 0 Å². The molecular formula is C23H27N3O. The quantitative estimate of drug-likeness (QED) is 0.625. The molecule has 0 unspecified atom stereocenters. The summed E-state index contributed by atoms with van der Waals surface area (Å²) in [7, 11) is 0. The number of aromatic nitrogens is 2. The van der Waals surface area contributed by atoms with Crippen LogP contribution in [0.15, 0.2) is 53.1 Å². The number of nitrogens with zero attached hydrogens (tertiary/aromatic N) is 2. The highest BCUT2D eigenvalue weighted by Gasteiger charge is 2.16. The van der Waals surface area contributed by atoms with Gasteiger partial charge in [0.15, 0.2) is 0 Å². The van der Waals surface area contributed by atoms with Crippen molar-refractivity contribution in [1.29, 1.82) is 0 Å². The first-order valence-electron chi connectivity index (χ1n) is 9.93. The molecule has 0 saturated heterocycles. The third-order valence-corrected chi connectivity index (χ3v) is 5.18. The predicted molar refractivity (Wildman–Crippen MR) is 108 cm³/mol. The minimum atomic E-state index is 0.565. The lowest BCUT2D eigenvalue weighted by molar-refractivity contribution is 0.338. The van der Waals surface area contributed by atoms with Gasteiger partial charge in [0.1, 0.15) is 0 Å². The zero-order valence-electron chi connectivity index (χ0n) is 16.1. The fourth-order valence-corrected chi connectivity index (χ4v) is 3.36. The van der Waals surface area contributed by atoms with Gasteiger partial charge in [-0.2, -0.15) is 4.98 Å². The largest absolute Gasteiger partial charge is 0.334 e. The third-order valence-electron chi connectivity index (χ3n) is 5.18. The topological polar surface area (TPSA) is 51.0 Å². The molecule has 1 N–H and O–H groups in total. The second-order valence-corrected chi connectivity index (χ2v) is 7.92. The predicted octanol–water partition coefficient (Wildman–Crippen LogP) is 5.24. The Morgan fingerprint density at radius 1 is 0.963 bits per heavy atom. The molecule has 1 fully saturated rings. The van der Waals surface area contributed by atoms with Gasteiger partial charge in [0, 0.05) is 23.7 Å². The summed E-state index contributed by atoms with van der Waals surface area (Å²) in [5, 5.41) is 7.74. The summed E-state index contributed by atoms with van der Waals surface area (Å²) in [5.74, 6) is 1.85. The monoisotopic (exact) mass is 361 g/mol. The molecular weight excluding hydrogens is 334 g/mol. The molecule has 27 heavy (non-hydrogen) atoms. The molecule has 1 aliphatic carbocycles. The van der Waals surface area contributed by atoms with E-state index in [1.807, 2.05) is 0 Å². The van der Waals surface area contributed by atoms with Gasteiger partial charge >= 0.3 is 0 Å². The molecule has 4 nitrogen and oxygen atoms in total. The van der Waals surface area contributed by atoms with Crippen LogP contribution in [-0.4, -0.2) is 16.2 Å². The number of hydrogen-bond acceptors (Lipinski definition) is 4. The Morgan fingerprint density at radius 2 is 1.63 bits per heavy atom. The van der Waals surface area contributed by atoms with Crippen molar-refractivity contribution in [3.05, 3.63) is 59.7 Å². The highest BCUT2D eigenvalue weighted by molar-refractivity contribution is 5.60. The van der Waals surface area contributed by atoms with E-state index < -0.39 is 0 Å². The van der Waals surface area contributed by atoms with Crippen molar-refractivity contribution in [2.24, 2.45) is 5.92 Å². The van der Waals surface area contributed by atoms with E-state index in [1.54, 1.807) is 0 Å². The minimum absolute atomic E-state index is 0.565. The molecule has 0 spiro atoms. The molecule has 0 aliphatic heterocycles. The molecule has 0 radical (unpaired) electrons. The molecule has 1 heterocycles. The first kappa shape index (κ1) is 17.9. The molecule has 1 saturated carbocycles. The van der Waals surface area contributed by atoms with Crippen LogP contribution in [-0.2, 0) is 13.0 Å². The van der Waals surface area contributed by atoms with Crippen LogP contribution in [0.3, 0.4) is 0 Å². The maximum Gasteiger partial charge on any atom is 0.258 e. The van der Waals surface area contributed by atoms with E-state index in [4.69, 9.17) is 4.52 Å². The summed E-state index contributed by atoms with van der Waals surface area (Å²) in [6.45, 7) is 5.38. The average molecular weight is 361 g/mol. The summed E-state index contributed by atoms with van der Waals surface area (Å²) in [6.07, 6.45) is 5.05. The fraction of sp³-hybridized carbons (Fsp3) is 0.391. The summed E-state index contributed by atoms with van der Waals surface area (Å²) in [5.41, 5.74) is 4.56. The third kappa shape index (κ3) is 4.45. The zero-order valence-corrected chi connectivity index (χ0v) is 16.1. The second kappa shape index (κ2) is 8.05. The van der Waals surface area contributed by atoms with Crippen LogP contribution in [0.2, 0.25) is 0 Å². The van der Waals surface area contributed by atoms with Crippen molar-refractivity contribution in [1.82, 2.24) is 15.5 Å². The minimum Gasteiger partial charge on any atom is -0.334 e. The van der Waals surface area contributed by atoms with Crippen LogP contribution in [0.4, 0.5) is 0 Å². The lowest BCUT2D eigenvalue weighted by atomic mass is 9.93. The highest BCUT2D eigenvalue weighted by atomic mass is 16.5. The van der Waals surface area contributed by atoms with Crippen LogP contribution in [0.25, 0.3) is 22.8 Å². The molecule has 1 aliphatic rings. The number of hydrogen-bond donors (Lipinski definition) is 1. The molecule has 2 aromatic carbocycles. The van der Waals surface area contributed by atoms with Crippen molar-refractivity contribution in [3.8, 4) is 22.8 Å². The summed E-state index contributed by atoms with van der Waals surface area (Å²) in [4.78, 5) is 4.57. The van der Waals surface area contributed by atoms with Crippen molar-refractivity contribution >= 4 is 0 Å². The van der Waals surface area contributed by atoms with Crippen LogP contribution in [0.5, 0.6) is 0 Å². The highest BCUT2D eigenvalue weighted by Crippen LogP contribution is 2.24. The van der Waals surface area contributed by atoms with Gasteiger partial charge in [0.05, 0.1) is 0 Å². The number of rotatable bonds is 7. The first-order chi connectivity index (χ1) is 13.2. The van der Waals surface area contributed by atoms with Crippen molar-refractivity contribution in [2.75, 3.05) is 0 Å². The van der Waals surface area contributed by atoms with Gasteiger partial charge in [0.2, 0.25) is 5.82 Å².